The van der Waals surface area contributed by atoms with Gasteiger partial charge in [-0.25, -0.2) is 4.39 Å². The second-order valence-electron chi connectivity index (χ2n) is 5.12. The summed E-state index contributed by atoms with van der Waals surface area (Å²) in [5.74, 6) is -0.166. The van der Waals surface area contributed by atoms with Crippen LogP contribution < -0.4 is 5.32 Å². The molecular weight excluding hydrogens is 251 g/mol. The van der Waals surface area contributed by atoms with Crippen molar-refractivity contribution >= 4 is 0 Å². The first-order valence-electron chi connectivity index (χ1n) is 7.01. The normalized spacial score (nSPS) is 12.3. The number of aromatic nitrogens is 1. The molecule has 2 rings (SSSR count). The fourth-order valence-electron chi connectivity index (χ4n) is 2.37. The number of rotatable bonds is 6. The highest BCUT2D eigenvalue weighted by molar-refractivity contribution is 5.27. The van der Waals surface area contributed by atoms with Crippen LogP contribution >= 0.6 is 0 Å². The second-order valence-corrected chi connectivity index (χ2v) is 5.12. The average molecular weight is 272 g/mol. The SMILES string of the molecule is CNC(CCc1ccccn1)Cc1ccc(F)cc1C. The molecule has 1 heterocycles. The van der Waals surface area contributed by atoms with E-state index in [0.717, 1.165) is 30.5 Å². The lowest BCUT2D eigenvalue weighted by Crippen LogP contribution is -2.28. The van der Waals surface area contributed by atoms with E-state index >= 15 is 0 Å². The van der Waals surface area contributed by atoms with Crippen molar-refractivity contribution < 1.29 is 4.39 Å². The fourth-order valence-corrected chi connectivity index (χ4v) is 2.37. The summed E-state index contributed by atoms with van der Waals surface area (Å²) in [6.07, 6.45) is 4.71. The molecule has 20 heavy (non-hydrogen) atoms. The van der Waals surface area contributed by atoms with E-state index in [1.165, 1.54) is 11.6 Å². The highest BCUT2D eigenvalue weighted by Crippen LogP contribution is 2.14. The van der Waals surface area contributed by atoms with E-state index in [4.69, 9.17) is 0 Å². The van der Waals surface area contributed by atoms with E-state index < -0.39 is 0 Å². The van der Waals surface area contributed by atoms with Crippen LogP contribution in [-0.2, 0) is 12.8 Å². The van der Waals surface area contributed by atoms with Gasteiger partial charge in [-0.3, -0.25) is 4.98 Å². The zero-order valence-corrected chi connectivity index (χ0v) is 12.1. The quantitative estimate of drug-likeness (QED) is 0.873. The number of hydrogen-bond acceptors (Lipinski definition) is 2. The first-order chi connectivity index (χ1) is 9.69. The van der Waals surface area contributed by atoms with Gasteiger partial charge in [-0.2, -0.15) is 0 Å². The molecule has 1 aromatic heterocycles. The van der Waals surface area contributed by atoms with Crippen molar-refractivity contribution in [3.05, 3.63) is 65.2 Å². The first-order valence-corrected chi connectivity index (χ1v) is 7.01. The Morgan fingerprint density at radius 2 is 2.10 bits per heavy atom. The molecule has 0 aliphatic carbocycles. The number of benzene rings is 1. The summed E-state index contributed by atoms with van der Waals surface area (Å²) in [6, 6.07) is 11.4. The molecule has 0 bridgehead atoms. The number of pyridine rings is 1. The third kappa shape index (κ3) is 4.14. The third-order valence-corrected chi connectivity index (χ3v) is 3.65. The van der Waals surface area contributed by atoms with Crippen molar-refractivity contribution in [1.29, 1.82) is 0 Å². The van der Waals surface area contributed by atoms with Crippen molar-refractivity contribution in [2.45, 2.75) is 32.2 Å². The topological polar surface area (TPSA) is 24.9 Å². The molecule has 2 aromatic rings. The van der Waals surface area contributed by atoms with Crippen molar-refractivity contribution in [2.24, 2.45) is 0 Å². The minimum absolute atomic E-state index is 0.166. The van der Waals surface area contributed by atoms with Crippen molar-refractivity contribution in [2.75, 3.05) is 7.05 Å². The summed E-state index contributed by atoms with van der Waals surface area (Å²) < 4.78 is 13.1. The largest absolute Gasteiger partial charge is 0.317 e. The average Bonchev–Trinajstić information content (AvgIpc) is 2.46. The molecule has 0 radical (unpaired) electrons. The van der Waals surface area contributed by atoms with Crippen LogP contribution in [0, 0.1) is 12.7 Å². The maximum absolute atomic E-state index is 13.1. The maximum atomic E-state index is 13.1. The van der Waals surface area contributed by atoms with Crippen LogP contribution in [0.1, 0.15) is 23.2 Å². The number of aryl methyl sites for hydroxylation is 2. The van der Waals surface area contributed by atoms with E-state index in [1.807, 2.05) is 38.4 Å². The van der Waals surface area contributed by atoms with Crippen LogP contribution in [0.3, 0.4) is 0 Å². The second kappa shape index (κ2) is 7.15. The standard InChI is InChI=1S/C17H21FN2/c1-13-11-15(18)7-6-14(13)12-17(19-2)9-8-16-5-3-4-10-20-16/h3-7,10-11,17,19H,8-9,12H2,1-2H3. The van der Waals surface area contributed by atoms with Gasteiger partial charge in [0.05, 0.1) is 0 Å². The molecule has 1 unspecified atom stereocenters. The summed E-state index contributed by atoms with van der Waals surface area (Å²) in [6.45, 7) is 1.96. The molecule has 0 amide bonds. The van der Waals surface area contributed by atoms with Crippen molar-refractivity contribution in [3.63, 3.8) is 0 Å². The smallest absolute Gasteiger partial charge is 0.123 e. The van der Waals surface area contributed by atoms with Crippen LogP contribution in [0.15, 0.2) is 42.6 Å². The molecule has 106 valence electrons. The van der Waals surface area contributed by atoms with E-state index in [0.29, 0.717) is 6.04 Å². The van der Waals surface area contributed by atoms with Gasteiger partial charge in [0.15, 0.2) is 0 Å². The van der Waals surface area contributed by atoms with E-state index in [9.17, 15) is 4.39 Å². The molecule has 0 spiro atoms. The van der Waals surface area contributed by atoms with Crippen LogP contribution in [0.4, 0.5) is 4.39 Å². The zero-order valence-electron chi connectivity index (χ0n) is 12.1. The van der Waals surface area contributed by atoms with E-state index in [2.05, 4.69) is 16.4 Å². The van der Waals surface area contributed by atoms with Gasteiger partial charge in [-0.1, -0.05) is 12.1 Å². The molecule has 3 heteroatoms. The molecular formula is C17H21FN2. The molecule has 0 aliphatic heterocycles. The number of nitrogens with one attached hydrogen (secondary N) is 1. The Labute approximate surface area is 120 Å². The Bertz CT molecular complexity index is 540. The lowest BCUT2D eigenvalue weighted by molar-refractivity contribution is 0.515. The number of likely N-dealkylation sites (N-methyl/N-ethyl adjacent to an activating group) is 1. The van der Waals surface area contributed by atoms with Gasteiger partial charge >= 0.3 is 0 Å². The van der Waals surface area contributed by atoms with Gasteiger partial charge in [0.2, 0.25) is 0 Å². The number of nitrogens with zero attached hydrogens (tertiary/aromatic N) is 1. The predicted molar refractivity (Wildman–Crippen MR) is 80.2 cm³/mol. The fraction of sp³-hybridized carbons (Fsp3) is 0.353. The van der Waals surface area contributed by atoms with Gasteiger partial charge in [-0.05, 0) is 68.6 Å². The van der Waals surface area contributed by atoms with Gasteiger partial charge < -0.3 is 5.32 Å². The third-order valence-electron chi connectivity index (χ3n) is 3.65. The summed E-state index contributed by atoms with van der Waals surface area (Å²) in [5, 5.41) is 3.34. The first kappa shape index (κ1) is 14.7. The Balaban J connectivity index is 1.95. The predicted octanol–water partition coefficient (Wildman–Crippen LogP) is 3.29. The highest BCUT2D eigenvalue weighted by Gasteiger charge is 2.10. The van der Waals surface area contributed by atoms with Crippen molar-refractivity contribution in [3.8, 4) is 0 Å². The summed E-state index contributed by atoms with van der Waals surface area (Å²) in [5.41, 5.74) is 3.33. The highest BCUT2D eigenvalue weighted by atomic mass is 19.1. The number of hydrogen-bond donors (Lipinski definition) is 1. The molecule has 0 aliphatic rings. The lowest BCUT2D eigenvalue weighted by Gasteiger charge is -2.17. The molecule has 1 N–H and O–H groups in total. The monoisotopic (exact) mass is 272 g/mol. The molecule has 1 aromatic carbocycles. The van der Waals surface area contributed by atoms with E-state index in [-0.39, 0.29) is 5.82 Å². The lowest BCUT2D eigenvalue weighted by atomic mass is 9.97. The zero-order chi connectivity index (χ0) is 14.4. The summed E-state index contributed by atoms with van der Waals surface area (Å²) in [7, 11) is 1.97. The number of halogens is 1. The van der Waals surface area contributed by atoms with Gasteiger partial charge in [0.25, 0.3) is 0 Å². The van der Waals surface area contributed by atoms with Crippen LogP contribution in [0.5, 0.6) is 0 Å². The van der Waals surface area contributed by atoms with E-state index in [1.54, 1.807) is 6.07 Å². The maximum Gasteiger partial charge on any atom is 0.123 e. The Morgan fingerprint density at radius 3 is 2.75 bits per heavy atom. The van der Waals surface area contributed by atoms with Gasteiger partial charge in [0.1, 0.15) is 5.82 Å². The minimum Gasteiger partial charge on any atom is -0.317 e. The summed E-state index contributed by atoms with van der Waals surface area (Å²) in [4.78, 5) is 4.34. The van der Waals surface area contributed by atoms with Crippen molar-refractivity contribution in [1.82, 2.24) is 10.3 Å². The van der Waals surface area contributed by atoms with Crippen LogP contribution in [-0.4, -0.2) is 18.1 Å². The summed E-state index contributed by atoms with van der Waals surface area (Å²) >= 11 is 0. The minimum atomic E-state index is -0.166. The Kier molecular flexibility index (Phi) is 5.24. The van der Waals surface area contributed by atoms with Crippen LogP contribution in [0.25, 0.3) is 0 Å². The van der Waals surface area contributed by atoms with Crippen LogP contribution in [0.2, 0.25) is 0 Å². The Hall–Kier alpha value is -1.74. The molecule has 1 atom stereocenters. The Morgan fingerprint density at radius 1 is 1.25 bits per heavy atom. The van der Waals surface area contributed by atoms with Gasteiger partial charge in [0, 0.05) is 17.9 Å². The molecule has 2 nitrogen and oxygen atoms in total. The molecule has 0 fully saturated rings. The molecule has 0 saturated heterocycles. The van der Waals surface area contributed by atoms with Gasteiger partial charge in [-0.15, -0.1) is 0 Å². The molecule has 0 saturated carbocycles.